The SMILES string of the molecule is CN1C(=O)C=C[C@@]2(C)C1CC[C@@H]1[C@H]2CC[C@]2(C)C(NC(=O)NC(C)(C)C)CC[C@@H]12. The standard InChI is InChI=1S/C24H39N3O2/c1-22(2,3)26-21(29)25-18-9-8-16-15-7-10-19-24(5,14-12-20(28)27(19)6)17(15)11-13-23(16,18)4/h12,14-19H,7-11,13H2,1-6H3,(H2,25,26,29)/t15-,16-,17+,18?,19?,23-,24+/m0/s1. The van der Waals surface area contributed by atoms with Crippen LogP contribution in [0.3, 0.4) is 0 Å². The number of carbonyl (C=O) groups is 2. The summed E-state index contributed by atoms with van der Waals surface area (Å²) in [5.41, 5.74) is 0.0477. The van der Waals surface area contributed by atoms with Gasteiger partial charge in [-0.2, -0.15) is 0 Å². The summed E-state index contributed by atoms with van der Waals surface area (Å²) in [5.74, 6) is 2.14. The van der Waals surface area contributed by atoms with Gasteiger partial charge in [0.2, 0.25) is 5.91 Å². The lowest BCUT2D eigenvalue weighted by Gasteiger charge is -2.60. The molecule has 3 amide bonds. The zero-order valence-electron chi connectivity index (χ0n) is 19.0. The summed E-state index contributed by atoms with van der Waals surface area (Å²) in [6.45, 7) is 10.9. The van der Waals surface area contributed by atoms with Crippen LogP contribution in [0.1, 0.15) is 73.1 Å². The molecule has 29 heavy (non-hydrogen) atoms. The fraction of sp³-hybridized carbons (Fsp3) is 0.833. The van der Waals surface area contributed by atoms with Crippen molar-refractivity contribution in [2.45, 2.75) is 90.8 Å². The van der Waals surface area contributed by atoms with Crippen molar-refractivity contribution < 1.29 is 9.59 Å². The number of hydrogen-bond donors (Lipinski definition) is 2. The quantitative estimate of drug-likeness (QED) is 0.695. The van der Waals surface area contributed by atoms with Crippen LogP contribution in [0.5, 0.6) is 0 Å². The molecule has 0 aromatic heterocycles. The lowest BCUT2D eigenvalue weighted by atomic mass is 9.48. The molecule has 0 bridgehead atoms. The van der Waals surface area contributed by atoms with E-state index in [0.29, 0.717) is 23.8 Å². The summed E-state index contributed by atoms with van der Waals surface area (Å²) in [5, 5.41) is 6.40. The Labute approximate surface area is 176 Å². The highest BCUT2D eigenvalue weighted by Gasteiger charge is 2.60. The van der Waals surface area contributed by atoms with Gasteiger partial charge in [-0.1, -0.05) is 19.9 Å². The molecule has 4 rings (SSSR count). The third-order valence-electron chi connectivity index (χ3n) is 8.92. The molecule has 0 aromatic rings. The van der Waals surface area contributed by atoms with Gasteiger partial charge < -0.3 is 15.5 Å². The number of urea groups is 1. The summed E-state index contributed by atoms with van der Waals surface area (Å²) in [6, 6.07) is 0.559. The molecule has 0 saturated heterocycles. The molecule has 5 heteroatoms. The van der Waals surface area contributed by atoms with E-state index in [1.165, 1.54) is 19.3 Å². The Kier molecular flexibility index (Phi) is 4.83. The second-order valence-electron chi connectivity index (χ2n) is 11.6. The summed E-state index contributed by atoms with van der Waals surface area (Å²) < 4.78 is 0. The minimum Gasteiger partial charge on any atom is -0.338 e. The summed E-state index contributed by atoms with van der Waals surface area (Å²) in [7, 11) is 1.98. The van der Waals surface area contributed by atoms with Crippen LogP contribution in [-0.2, 0) is 4.79 Å². The van der Waals surface area contributed by atoms with E-state index in [1.807, 2.05) is 38.8 Å². The largest absolute Gasteiger partial charge is 0.338 e. The maximum Gasteiger partial charge on any atom is 0.315 e. The van der Waals surface area contributed by atoms with E-state index in [2.05, 4.69) is 30.6 Å². The molecule has 3 fully saturated rings. The van der Waals surface area contributed by atoms with Gasteiger partial charge in [-0.15, -0.1) is 0 Å². The lowest BCUT2D eigenvalue weighted by Crippen LogP contribution is -2.61. The van der Waals surface area contributed by atoms with E-state index in [1.54, 1.807) is 0 Å². The minimum atomic E-state index is -0.218. The fourth-order valence-electron chi connectivity index (χ4n) is 7.51. The Bertz CT molecular complexity index is 726. The second-order valence-corrected chi connectivity index (χ2v) is 11.6. The lowest BCUT2D eigenvalue weighted by molar-refractivity contribution is -0.138. The highest BCUT2D eigenvalue weighted by atomic mass is 16.2. The minimum absolute atomic E-state index is 0.0301. The molecule has 1 heterocycles. The average molecular weight is 402 g/mol. The number of hydrogen-bond acceptors (Lipinski definition) is 2. The molecule has 0 spiro atoms. The van der Waals surface area contributed by atoms with Crippen molar-refractivity contribution in [2.24, 2.45) is 28.6 Å². The molecule has 2 unspecified atom stereocenters. The average Bonchev–Trinajstić information content (AvgIpc) is 2.93. The van der Waals surface area contributed by atoms with Crippen molar-refractivity contribution in [1.29, 1.82) is 0 Å². The van der Waals surface area contributed by atoms with Gasteiger partial charge in [0.25, 0.3) is 0 Å². The van der Waals surface area contributed by atoms with Crippen LogP contribution >= 0.6 is 0 Å². The van der Waals surface area contributed by atoms with Crippen LogP contribution in [0.15, 0.2) is 12.2 Å². The summed E-state index contributed by atoms with van der Waals surface area (Å²) in [6.07, 6.45) is 11.0. The first kappa shape index (κ1) is 20.7. The Morgan fingerprint density at radius 3 is 2.52 bits per heavy atom. The van der Waals surface area contributed by atoms with Crippen LogP contribution < -0.4 is 10.6 Å². The van der Waals surface area contributed by atoms with E-state index < -0.39 is 0 Å². The van der Waals surface area contributed by atoms with Crippen LogP contribution in [0.25, 0.3) is 0 Å². The van der Waals surface area contributed by atoms with E-state index in [-0.39, 0.29) is 34.3 Å². The zero-order valence-corrected chi connectivity index (χ0v) is 19.0. The monoisotopic (exact) mass is 401 g/mol. The molecule has 7 atom stereocenters. The molecule has 5 nitrogen and oxygen atoms in total. The van der Waals surface area contributed by atoms with Gasteiger partial charge in [-0.3, -0.25) is 4.79 Å². The summed E-state index contributed by atoms with van der Waals surface area (Å²) >= 11 is 0. The molecule has 0 radical (unpaired) electrons. The Morgan fingerprint density at radius 1 is 1.10 bits per heavy atom. The highest BCUT2D eigenvalue weighted by molar-refractivity contribution is 5.89. The van der Waals surface area contributed by atoms with Crippen molar-refractivity contribution in [3.8, 4) is 0 Å². The predicted octanol–water partition coefficient (Wildman–Crippen LogP) is 4.09. The first-order valence-electron chi connectivity index (χ1n) is 11.5. The fourth-order valence-corrected chi connectivity index (χ4v) is 7.51. The van der Waals surface area contributed by atoms with Crippen LogP contribution in [-0.4, -0.2) is 41.5 Å². The number of carbonyl (C=O) groups excluding carboxylic acids is 2. The van der Waals surface area contributed by atoms with Crippen LogP contribution in [0.2, 0.25) is 0 Å². The molecule has 4 aliphatic rings. The van der Waals surface area contributed by atoms with Crippen LogP contribution in [0.4, 0.5) is 4.79 Å². The van der Waals surface area contributed by atoms with Crippen molar-refractivity contribution >= 4 is 11.9 Å². The topological polar surface area (TPSA) is 61.4 Å². The van der Waals surface area contributed by atoms with Gasteiger partial charge in [0.15, 0.2) is 0 Å². The third-order valence-corrected chi connectivity index (χ3v) is 8.92. The Morgan fingerprint density at radius 2 is 1.83 bits per heavy atom. The van der Waals surface area contributed by atoms with Gasteiger partial charge in [0.05, 0.1) is 0 Å². The molecule has 1 aliphatic heterocycles. The maximum absolute atomic E-state index is 12.6. The van der Waals surface area contributed by atoms with Gasteiger partial charge >= 0.3 is 6.03 Å². The van der Waals surface area contributed by atoms with Gasteiger partial charge in [0, 0.05) is 30.1 Å². The van der Waals surface area contributed by atoms with Gasteiger partial charge in [-0.25, -0.2) is 4.79 Å². The third kappa shape index (κ3) is 3.29. The number of nitrogens with zero attached hydrogens (tertiary/aromatic N) is 1. The normalized spacial score (nSPS) is 44.0. The number of amides is 3. The number of rotatable bonds is 1. The van der Waals surface area contributed by atoms with Crippen molar-refractivity contribution in [2.75, 3.05) is 7.05 Å². The van der Waals surface area contributed by atoms with Gasteiger partial charge in [0.1, 0.15) is 0 Å². The number of fused-ring (bicyclic) bond motifs is 5. The highest BCUT2D eigenvalue weighted by Crippen LogP contribution is 2.63. The van der Waals surface area contributed by atoms with Crippen molar-refractivity contribution in [3.63, 3.8) is 0 Å². The van der Waals surface area contributed by atoms with E-state index in [0.717, 1.165) is 19.3 Å². The van der Waals surface area contributed by atoms with Crippen molar-refractivity contribution in [1.82, 2.24) is 15.5 Å². The Hall–Kier alpha value is -1.52. The first-order valence-corrected chi connectivity index (χ1v) is 11.5. The van der Waals surface area contributed by atoms with E-state index in [4.69, 9.17) is 0 Å². The molecule has 3 aliphatic carbocycles. The molecule has 3 saturated carbocycles. The van der Waals surface area contributed by atoms with Crippen molar-refractivity contribution in [3.05, 3.63) is 12.2 Å². The van der Waals surface area contributed by atoms with E-state index in [9.17, 15) is 9.59 Å². The summed E-state index contributed by atoms with van der Waals surface area (Å²) in [4.78, 5) is 26.8. The molecule has 162 valence electrons. The predicted molar refractivity (Wildman–Crippen MR) is 115 cm³/mol. The maximum atomic E-state index is 12.6. The van der Waals surface area contributed by atoms with E-state index >= 15 is 0 Å². The smallest absolute Gasteiger partial charge is 0.315 e. The Balaban J connectivity index is 1.53. The van der Waals surface area contributed by atoms with Crippen LogP contribution in [0, 0.1) is 28.6 Å². The molecule has 0 aromatic carbocycles. The number of nitrogens with one attached hydrogen (secondary N) is 2. The second kappa shape index (κ2) is 6.75. The first-order chi connectivity index (χ1) is 13.5. The zero-order chi connectivity index (χ0) is 21.2. The van der Waals surface area contributed by atoms with Gasteiger partial charge in [-0.05, 0) is 88.5 Å². The molecular formula is C24H39N3O2. The molecular weight excluding hydrogens is 362 g/mol. The molecule has 2 N–H and O–H groups in total. The number of likely N-dealkylation sites (N-methyl/N-ethyl adjacent to an activating group) is 1.